The van der Waals surface area contributed by atoms with E-state index in [2.05, 4.69) is 4.72 Å². The molecule has 7 nitrogen and oxygen atoms in total. The van der Waals surface area contributed by atoms with Crippen molar-refractivity contribution >= 4 is 27.5 Å². The second-order valence-corrected chi connectivity index (χ2v) is 9.81. The molecular formula is C23H23N3O4S. The lowest BCUT2D eigenvalue weighted by Crippen LogP contribution is -2.30. The number of hydrogen-bond donors (Lipinski definition) is 1. The van der Waals surface area contributed by atoms with E-state index in [1.807, 2.05) is 6.07 Å². The summed E-state index contributed by atoms with van der Waals surface area (Å²) in [6.45, 7) is 1.77. The molecule has 1 saturated heterocycles. The second kappa shape index (κ2) is 8.16. The van der Waals surface area contributed by atoms with E-state index in [4.69, 9.17) is 5.26 Å². The van der Waals surface area contributed by atoms with Gasteiger partial charge < -0.3 is 0 Å². The fraction of sp³-hybridized carbons (Fsp3) is 0.348. The van der Waals surface area contributed by atoms with Crippen LogP contribution >= 0.6 is 0 Å². The lowest BCUT2D eigenvalue weighted by Gasteiger charge is -2.19. The first-order valence-electron chi connectivity index (χ1n) is 10.3. The highest BCUT2D eigenvalue weighted by Crippen LogP contribution is 2.38. The zero-order chi connectivity index (χ0) is 22.2. The van der Waals surface area contributed by atoms with Crippen molar-refractivity contribution in [1.29, 1.82) is 5.26 Å². The van der Waals surface area contributed by atoms with Crippen LogP contribution in [0.25, 0.3) is 0 Å². The maximum atomic E-state index is 13.0. The molecule has 0 bridgehead atoms. The Morgan fingerprint density at radius 2 is 1.65 bits per heavy atom. The Kier molecular flexibility index (Phi) is 5.54. The van der Waals surface area contributed by atoms with Gasteiger partial charge in [-0.15, -0.1) is 0 Å². The van der Waals surface area contributed by atoms with Crippen LogP contribution in [-0.4, -0.2) is 25.1 Å². The number of fused-ring (bicyclic) bond motifs is 1. The number of carbonyl (C=O) groups is 2. The van der Waals surface area contributed by atoms with E-state index in [1.165, 1.54) is 35.2 Å². The summed E-state index contributed by atoms with van der Waals surface area (Å²) >= 11 is 0. The molecule has 0 radical (unpaired) electrons. The number of carbonyl (C=O) groups excluding carboxylic acids is 2. The zero-order valence-electron chi connectivity index (χ0n) is 17.2. The van der Waals surface area contributed by atoms with Gasteiger partial charge in [0.05, 0.1) is 34.9 Å². The van der Waals surface area contributed by atoms with Gasteiger partial charge in [-0.1, -0.05) is 25.0 Å². The molecule has 31 heavy (non-hydrogen) atoms. The summed E-state index contributed by atoms with van der Waals surface area (Å²) in [5, 5.41) is 8.89. The van der Waals surface area contributed by atoms with Crippen LogP contribution in [0.15, 0.2) is 47.4 Å². The summed E-state index contributed by atoms with van der Waals surface area (Å²) in [4.78, 5) is 26.9. The molecule has 8 heteroatoms. The minimum atomic E-state index is -3.89. The molecular weight excluding hydrogens is 414 g/mol. The van der Waals surface area contributed by atoms with Crippen molar-refractivity contribution in [1.82, 2.24) is 4.90 Å². The molecule has 0 aromatic heterocycles. The van der Waals surface area contributed by atoms with Crippen LogP contribution in [0.5, 0.6) is 0 Å². The molecule has 2 aliphatic rings. The van der Waals surface area contributed by atoms with Gasteiger partial charge in [-0.05, 0) is 61.2 Å². The standard InChI is InChI=1S/C23H23N3O4S/c1-15-6-7-17(14-26-22(27)19-4-2-3-5-20(19)23(26)28)12-21(15)31(29,30)25-18-10-8-16(13-24)9-11-18/h6-12,19-20,25H,2-5,14H2,1H3. The SMILES string of the molecule is Cc1ccc(CN2C(=O)C3CCCCC3C2=O)cc1S(=O)(=O)Nc1ccc(C#N)cc1. The van der Waals surface area contributed by atoms with Crippen LogP contribution in [0.4, 0.5) is 5.69 Å². The van der Waals surface area contributed by atoms with Gasteiger partial charge in [-0.25, -0.2) is 8.42 Å². The summed E-state index contributed by atoms with van der Waals surface area (Å²) in [6, 6.07) is 13.1. The number of aryl methyl sites for hydroxylation is 1. The predicted molar refractivity (Wildman–Crippen MR) is 114 cm³/mol. The van der Waals surface area contributed by atoms with Crippen LogP contribution in [0.3, 0.4) is 0 Å². The fourth-order valence-electron chi connectivity index (χ4n) is 4.42. The van der Waals surface area contributed by atoms with E-state index in [9.17, 15) is 18.0 Å². The van der Waals surface area contributed by atoms with E-state index in [1.54, 1.807) is 19.1 Å². The fourth-order valence-corrected chi connectivity index (χ4v) is 5.78. The van der Waals surface area contributed by atoms with Crippen molar-refractivity contribution in [2.24, 2.45) is 11.8 Å². The van der Waals surface area contributed by atoms with Gasteiger partial charge in [0.2, 0.25) is 11.8 Å². The maximum Gasteiger partial charge on any atom is 0.262 e. The Bertz CT molecular complexity index is 1160. The lowest BCUT2D eigenvalue weighted by molar-refractivity contribution is -0.140. The third-order valence-corrected chi connectivity index (χ3v) is 7.60. The van der Waals surface area contributed by atoms with E-state index in [-0.39, 0.29) is 35.1 Å². The molecule has 0 spiro atoms. The van der Waals surface area contributed by atoms with Crippen molar-refractivity contribution in [3.63, 3.8) is 0 Å². The first-order chi connectivity index (χ1) is 14.8. The number of nitrogens with one attached hydrogen (secondary N) is 1. The van der Waals surface area contributed by atoms with Crippen molar-refractivity contribution in [3.05, 3.63) is 59.2 Å². The van der Waals surface area contributed by atoms with E-state index >= 15 is 0 Å². The van der Waals surface area contributed by atoms with Crippen molar-refractivity contribution in [3.8, 4) is 6.07 Å². The van der Waals surface area contributed by atoms with Gasteiger partial charge in [0.15, 0.2) is 0 Å². The molecule has 160 valence electrons. The molecule has 2 fully saturated rings. The number of amides is 2. The maximum absolute atomic E-state index is 13.0. The quantitative estimate of drug-likeness (QED) is 0.722. The highest BCUT2D eigenvalue weighted by molar-refractivity contribution is 7.92. The molecule has 1 aliphatic carbocycles. The summed E-state index contributed by atoms with van der Waals surface area (Å²) < 4.78 is 28.5. The first-order valence-corrected chi connectivity index (χ1v) is 11.8. The number of nitrogens with zero attached hydrogens (tertiary/aromatic N) is 2. The van der Waals surface area contributed by atoms with E-state index in [0.717, 1.165) is 25.7 Å². The summed E-state index contributed by atoms with van der Waals surface area (Å²) in [6.07, 6.45) is 3.41. The monoisotopic (exact) mass is 437 g/mol. The van der Waals surface area contributed by atoms with Crippen molar-refractivity contribution < 1.29 is 18.0 Å². The Hall–Kier alpha value is -3.18. The third-order valence-electron chi connectivity index (χ3n) is 6.08. The van der Waals surface area contributed by atoms with E-state index in [0.29, 0.717) is 22.4 Å². The van der Waals surface area contributed by atoms with Gasteiger partial charge in [0.25, 0.3) is 10.0 Å². The predicted octanol–water partition coefficient (Wildman–Crippen LogP) is 3.34. The number of nitriles is 1. The van der Waals surface area contributed by atoms with Gasteiger partial charge in [0, 0.05) is 5.69 Å². The molecule has 2 aromatic rings. The smallest absolute Gasteiger partial charge is 0.262 e. The third kappa shape index (κ3) is 4.06. The Labute approximate surface area is 181 Å². The topological polar surface area (TPSA) is 107 Å². The largest absolute Gasteiger partial charge is 0.280 e. The molecule has 1 heterocycles. The van der Waals surface area contributed by atoms with Crippen LogP contribution in [0.1, 0.15) is 42.4 Å². The van der Waals surface area contributed by atoms with Crippen LogP contribution in [0, 0.1) is 30.1 Å². The average molecular weight is 438 g/mol. The first kappa shape index (κ1) is 21.1. The van der Waals surface area contributed by atoms with E-state index < -0.39 is 10.0 Å². The number of hydrogen-bond acceptors (Lipinski definition) is 5. The Morgan fingerprint density at radius 3 is 2.23 bits per heavy atom. The molecule has 1 aliphatic heterocycles. The van der Waals surface area contributed by atoms with Gasteiger partial charge in [-0.2, -0.15) is 5.26 Å². The highest BCUT2D eigenvalue weighted by Gasteiger charge is 2.47. The van der Waals surface area contributed by atoms with Crippen molar-refractivity contribution in [2.75, 3.05) is 4.72 Å². The Balaban J connectivity index is 1.57. The van der Waals surface area contributed by atoms with Gasteiger partial charge >= 0.3 is 0 Å². The summed E-state index contributed by atoms with van der Waals surface area (Å²) in [7, 11) is -3.89. The van der Waals surface area contributed by atoms with Gasteiger partial charge in [-0.3, -0.25) is 19.2 Å². The lowest BCUT2D eigenvalue weighted by atomic mass is 9.81. The molecule has 4 rings (SSSR count). The normalized spacial score (nSPS) is 21.0. The summed E-state index contributed by atoms with van der Waals surface area (Å²) in [5.74, 6) is -0.744. The molecule has 2 unspecified atom stereocenters. The molecule has 2 aromatic carbocycles. The number of sulfonamides is 1. The molecule has 2 atom stereocenters. The minimum absolute atomic E-state index is 0.0737. The second-order valence-electron chi connectivity index (χ2n) is 8.15. The van der Waals surface area contributed by atoms with Gasteiger partial charge in [0.1, 0.15) is 0 Å². The Morgan fingerprint density at radius 1 is 1.03 bits per heavy atom. The van der Waals surface area contributed by atoms with Crippen LogP contribution in [-0.2, 0) is 26.2 Å². The highest BCUT2D eigenvalue weighted by atomic mass is 32.2. The average Bonchev–Trinajstić information content (AvgIpc) is 3.00. The molecule has 2 amide bonds. The number of imide groups is 1. The number of benzene rings is 2. The van der Waals surface area contributed by atoms with Crippen molar-refractivity contribution in [2.45, 2.75) is 44.0 Å². The van der Waals surface area contributed by atoms with Crippen LogP contribution < -0.4 is 4.72 Å². The van der Waals surface area contributed by atoms with Crippen LogP contribution in [0.2, 0.25) is 0 Å². The minimum Gasteiger partial charge on any atom is -0.280 e. The summed E-state index contributed by atoms with van der Waals surface area (Å²) in [5.41, 5.74) is 1.92. The molecule has 1 saturated carbocycles. The zero-order valence-corrected chi connectivity index (χ0v) is 18.0. The number of anilines is 1. The molecule has 1 N–H and O–H groups in total. The number of rotatable bonds is 5. The number of likely N-dealkylation sites (tertiary alicyclic amines) is 1.